The highest BCUT2D eigenvalue weighted by molar-refractivity contribution is 5.82. The molecule has 2 saturated heterocycles. The molecule has 0 N–H and O–H groups in total. The Morgan fingerprint density at radius 2 is 1.37 bits per heavy atom. The van der Waals surface area contributed by atoms with E-state index in [0.29, 0.717) is 44.6 Å². The van der Waals surface area contributed by atoms with E-state index in [1.807, 2.05) is 31.2 Å². The lowest BCUT2D eigenvalue weighted by atomic mass is 9.79. The number of alkyl halides is 6. The lowest BCUT2D eigenvalue weighted by Crippen LogP contribution is -2.50. The fraction of sp³-hybridized carbons (Fsp3) is 0.516. The summed E-state index contributed by atoms with van der Waals surface area (Å²) < 4.78 is 80.3. The lowest BCUT2D eigenvalue weighted by molar-refractivity contribution is -0.145. The minimum atomic E-state index is -4.99. The van der Waals surface area contributed by atoms with Gasteiger partial charge in [-0.2, -0.15) is 26.3 Å². The third kappa shape index (κ3) is 7.69. The number of benzene rings is 2. The Hall–Kier alpha value is -3.57. The molecule has 2 heterocycles. The first-order valence-corrected chi connectivity index (χ1v) is 14.2. The van der Waals surface area contributed by atoms with Gasteiger partial charge in [0.25, 0.3) is 0 Å². The number of aryl methyl sites for hydroxylation is 1. The van der Waals surface area contributed by atoms with Crippen LogP contribution in [-0.4, -0.2) is 65.6 Å². The molecule has 0 bridgehead atoms. The third-order valence-electron chi connectivity index (χ3n) is 8.48. The Morgan fingerprint density at radius 1 is 0.837 bits per heavy atom. The zero-order valence-corrected chi connectivity index (χ0v) is 24.3. The molecule has 43 heavy (non-hydrogen) atoms. The van der Waals surface area contributed by atoms with Crippen molar-refractivity contribution in [1.29, 1.82) is 0 Å². The van der Waals surface area contributed by atoms with Gasteiger partial charge in [-0.25, -0.2) is 0 Å². The van der Waals surface area contributed by atoms with Gasteiger partial charge in [0.1, 0.15) is 0 Å². The summed E-state index contributed by atoms with van der Waals surface area (Å²) in [6.45, 7) is 4.50. The molecule has 6 nitrogen and oxygen atoms in total. The monoisotopic (exact) mass is 611 g/mol. The van der Waals surface area contributed by atoms with Crippen LogP contribution in [0.2, 0.25) is 0 Å². The molecule has 2 fully saturated rings. The van der Waals surface area contributed by atoms with E-state index in [9.17, 15) is 40.7 Å². The Morgan fingerprint density at radius 3 is 1.88 bits per heavy atom. The predicted octanol–water partition coefficient (Wildman–Crippen LogP) is 5.88. The molecule has 0 aromatic heterocycles. The van der Waals surface area contributed by atoms with E-state index in [1.165, 1.54) is 14.0 Å². The summed E-state index contributed by atoms with van der Waals surface area (Å²) in [4.78, 5) is 43.5. The molecular formula is C31H35F6N3O3. The van der Waals surface area contributed by atoms with Crippen molar-refractivity contribution >= 4 is 17.7 Å². The number of carbonyl (C=O) groups is 3. The van der Waals surface area contributed by atoms with Crippen LogP contribution in [0.4, 0.5) is 26.3 Å². The van der Waals surface area contributed by atoms with Crippen molar-refractivity contribution in [3.63, 3.8) is 0 Å². The van der Waals surface area contributed by atoms with Gasteiger partial charge >= 0.3 is 12.4 Å². The lowest BCUT2D eigenvalue weighted by Gasteiger charge is -2.41. The average Bonchev–Trinajstić information content (AvgIpc) is 2.95. The fourth-order valence-electron chi connectivity index (χ4n) is 6.04. The van der Waals surface area contributed by atoms with Gasteiger partial charge in [-0.05, 0) is 55.5 Å². The number of rotatable bonds is 5. The molecule has 2 atom stereocenters. The van der Waals surface area contributed by atoms with E-state index in [1.54, 1.807) is 9.80 Å². The van der Waals surface area contributed by atoms with Crippen LogP contribution in [0.3, 0.4) is 0 Å². The quantitative estimate of drug-likeness (QED) is 0.397. The molecule has 0 spiro atoms. The van der Waals surface area contributed by atoms with Crippen molar-refractivity contribution in [1.82, 2.24) is 14.7 Å². The molecule has 12 heteroatoms. The van der Waals surface area contributed by atoms with Crippen LogP contribution in [-0.2, 0) is 33.3 Å². The molecule has 0 unspecified atom stereocenters. The molecule has 0 aliphatic carbocycles. The van der Waals surface area contributed by atoms with Crippen LogP contribution in [0.5, 0.6) is 0 Å². The van der Waals surface area contributed by atoms with Gasteiger partial charge in [0, 0.05) is 64.4 Å². The third-order valence-corrected chi connectivity index (χ3v) is 8.48. The van der Waals surface area contributed by atoms with Gasteiger partial charge in [0.05, 0.1) is 11.1 Å². The molecular weight excluding hydrogens is 576 g/mol. The van der Waals surface area contributed by atoms with E-state index in [2.05, 4.69) is 0 Å². The molecule has 234 valence electrons. The Bertz CT molecular complexity index is 1300. The standard InChI is InChI=1S/C31H35F6N3O3/c1-19-4-6-22(7-5-19)27-18-40(28(42)23-8-11-39(12-9-23)20(2)41)13-10-26(27)29(43)38(3)17-21-14-24(30(32,33)34)16-25(15-21)31(35,36)37/h4-7,14-16,23,26-27H,8-13,17-18H2,1-3H3/t26-,27+/m1/s1. The smallest absolute Gasteiger partial charge is 0.343 e. The van der Waals surface area contributed by atoms with Crippen LogP contribution < -0.4 is 0 Å². The Labute approximate surface area is 246 Å². The number of halogens is 6. The highest BCUT2D eigenvalue weighted by Gasteiger charge is 2.41. The van der Waals surface area contributed by atoms with E-state index in [-0.39, 0.29) is 42.3 Å². The van der Waals surface area contributed by atoms with Gasteiger partial charge in [-0.1, -0.05) is 29.8 Å². The number of hydrogen-bond donors (Lipinski definition) is 0. The van der Waals surface area contributed by atoms with Crippen molar-refractivity contribution in [2.75, 3.05) is 33.2 Å². The highest BCUT2D eigenvalue weighted by atomic mass is 19.4. The molecule has 0 saturated carbocycles. The van der Waals surface area contributed by atoms with Crippen molar-refractivity contribution < 1.29 is 40.7 Å². The number of carbonyl (C=O) groups excluding carboxylic acids is 3. The van der Waals surface area contributed by atoms with Crippen LogP contribution >= 0.6 is 0 Å². The van der Waals surface area contributed by atoms with Crippen LogP contribution in [0, 0.1) is 18.8 Å². The van der Waals surface area contributed by atoms with Crippen molar-refractivity contribution in [3.05, 3.63) is 70.3 Å². The van der Waals surface area contributed by atoms with Crippen LogP contribution in [0.1, 0.15) is 59.9 Å². The fourth-order valence-corrected chi connectivity index (χ4v) is 6.04. The molecule has 2 aliphatic heterocycles. The van der Waals surface area contributed by atoms with Crippen LogP contribution in [0.15, 0.2) is 42.5 Å². The normalized spacial score (nSPS) is 20.2. The zero-order valence-electron chi connectivity index (χ0n) is 24.3. The zero-order chi connectivity index (χ0) is 31.7. The minimum absolute atomic E-state index is 0.0338. The SMILES string of the molecule is CC(=O)N1CCC(C(=O)N2CC[C@@H](C(=O)N(C)Cc3cc(C(F)(F)F)cc(C(F)(F)F)c3)[C@H](c3ccc(C)cc3)C2)CC1. The van der Waals surface area contributed by atoms with Gasteiger partial charge in [0.2, 0.25) is 17.7 Å². The Balaban J connectivity index is 1.54. The summed E-state index contributed by atoms with van der Waals surface area (Å²) in [6, 6.07) is 8.87. The first-order valence-electron chi connectivity index (χ1n) is 14.2. The number of amides is 3. The van der Waals surface area contributed by atoms with Gasteiger partial charge < -0.3 is 14.7 Å². The molecule has 4 rings (SSSR count). The minimum Gasteiger partial charge on any atom is -0.343 e. The number of hydrogen-bond acceptors (Lipinski definition) is 3. The maximum atomic E-state index is 13.7. The number of piperidine rings is 2. The summed E-state index contributed by atoms with van der Waals surface area (Å²) in [6.07, 6.45) is -8.59. The topological polar surface area (TPSA) is 60.9 Å². The van der Waals surface area contributed by atoms with Crippen LogP contribution in [0.25, 0.3) is 0 Å². The summed E-state index contributed by atoms with van der Waals surface area (Å²) in [7, 11) is 1.36. The van der Waals surface area contributed by atoms with E-state index >= 15 is 0 Å². The maximum absolute atomic E-state index is 13.7. The summed E-state index contributed by atoms with van der Waals surface area (Å²) in [5.74, 6) is -1.79. The second kappa shape index (κ2) is 12.6. The van der Waals surface area contributed by atoms with Crippen molar-refractivity contribution in [3.8, 4) is 0 Å². The largest absolute Gasteiger partial charge is 0.416 e. The first-order chi connectivity index (χ1) is 20.0. The van der Waals surface area contributed by atoms with Gasteiger partial charge in [-0.3, -0.25) is 14.4 Å². The predicted molar refractivity (Wildman–Crippen MR) is 147 cm³/mol. The van der Waals surface area contributed by atoms with Gasteiger partial charge in [-0.15, -0.1) is 0 Å². The van der Waals surface area contributed by atoms with E-state index in [4.69, 9.17) is 0 Å². The van der Waals surface area contributed by atoms with Gasteiger partial charge in [0.15, 0.2) is 0 Å². The number of likely N-dealkylation sites (tertiary alicyclic amines) is 2. The highest BCUT2D eigenvalue weighted by Crippen LogP contribution is 2.38. The first kappa shape index (κ1) is 32.3. The maximum Gasteiger partial charge on any atom is 0.416 e. The second-order valence-corrected chi connectivity index (χ2v) is 11.6. The summed E-state index contributed by atoms with van der Waals surface area (Å²) in [5.41, 5.74) is -1.34. The molecule has 0 radical (unpaired) electrons. The van der Waals surface area contributed by atoms with Crippen molar-refractivity contribution in [2.45, 2.75) is 57.9 Å². The second-order valence-electron chi connectivity index (χ2n) is 11.6. The average molecular weight is 612 g/mol. The summed E-state index contributed by atoms with van der Waals surface area (Å²) in [5, 5.41) is 0. The molecule has 2 aromatic carbocycles. The van der Waals surface area contributed by atoms with E-state index < -0.39 is 47.8 Å². The molecule has 2 aromatic rings. The van der Waals surface area contributed by atoms with Crippen molar-refractivity contribution in [2.24, 2.45) is 11.8 Å². The molecule has 3 amide bonds. The Kier molecular flexibility index (Phi) is 9.46. The van der Waals surface area contributed by atoms with E-state index in [0.717, 1.165) is 16.0 Å². The number of nitrogens with zero attached hydrogens (tertiary/aromatic N) is 3. The molecule has 2 aliphatic rings. The summed E-state index contributed by atoms with van der Waals surface area (Å²) >= 11 is 0.